The molecule has 1 heterocycles. The molecule has 0 spiro atoms. The lowest BCUT2D eigenvalue weighted by Crippen LogP contribution is -2.51. The first-order valence-electron chi connectivity index (χ1n) is 11.8. The second-order valence-corrected chi connectivity index (χ2v) is 11.2. The number of amides is 2. The van der Waals surface area contributed by atoms with E-state index in [9.17, 15) is 24.5 Å². The Morgan fingerprint density at radius 3 is 2.29 bits per heavy atom. The summed E-state index contributed by atoms with van der Waals surface area (Å²) in [7, 11) is 1.26. The molecule has 184 valence electrons. The van der Waals surface area contributed by atoms with Gasteiger partial charge in [0.05, 0.1) is 27.9 Å². The van der Waals surface area contributed by atoms with Crippen molar-refractivity contribution in [2.45, 2.75) is 45.4 Å². The maximum Gasteiger partial charge on any atom is 0.341 e. The molecule has 0 unspecified atom stereocenters. The molecule has 4 saturated carbocycles. The Bertz CT molecular complexity index is 1200. The number of carbonyl (C=O) groups excluding carboxylic acids is 3. The van der Waals surface area contributed by atoms with E-state index in [1.165, 1.54) is 44.6 Å². The Kier molecular flexibility index (Phi) is 5.86. The molecule has 6 rings (SSSR count). The normalized spacial score (nSPS) is 26.3. The van der Waals surface area contributed by atoms with Crippen LogP contribution in [0.15, 0.2) is 24.3 Å². The summed E-state index contributed by atoms with van der Waals surface area (Å²) in [5.41, 5.74) is 0.261. The van der Waals surface area contributed by atoms with Crippen LogP contribution in [0.1, 0.15) is 64.1 Å². The Balaban J connectivity index is 1.42. The molecule has 2 amide bonds. The minimum absolute atomic E-state index is 0.0753. The predicted molar refractivity (Wildman–Crippen MR) is 131 cm³/mol. The number of hydrogen-bond donors (Lipinski definition) is 2. The summed E-state index contributed by atoms with van der Waals surface area (Å²) in [6.45, 7) is 1.63. The van der Waals surface area contributed by atoms with E-state index >= 15 is 0 Å². The summed E-state index contributed by atoms with van der Waals surface area (Å²) in [6.07, 6.45) is 6.26. The zero-order valence-corrected chi connectivity index (χ0v) is 20.4. The molecule has 0 aliphatic heterocycles. The van der Waals surface area contributed by atoms with E-state index in [1.807, 2.05) is 0 Å². The van der Waals surface area contributed by atoms with Gasteiger partial charge in [-0.05, 0) is 74.8 Å². The van der Waals surface area contributed by atoms with Crippen LogP contribution in [0.5, 0.6) is 0 Å². The maximum absolute atomic E-state index is 13.6. The molecular weight excluding hydrogens is 470 g/mol. The van der Waals surface area contributed by atoms with E-state index in [1.54, 1.807) is 13.0 Å². The largest absolute Gasteiger partial charge is 0.465 e. The third-order valence-corrected chi connectivity index (χ3v) is 9.01. The zero-order chi connectivity index (χ0) is 24.9. The summed E-state index contributed by atoms with van der Waals surface area (Å²) in [5, 5.41) is 17.0. The molecule has 4 aliphatic rings. The Labute approximate surface area is 206 Å². The van der Waals surface area contributed by atoms with E-state index in [4.69, 9.17) is 4.74 Å². The fourth-order valence-electron chi connectivity index (χ4n) is 6.68. The number of nitrogens with one attached hydrogen (secondary N) is 2. The van der Waals surface area contributed by atoms with Crippen molar-refractivity contribution < 1.29 is 24.0 Å². The van der Waals surface area contributed by atoms with Gasteiger partial charge in [0.15, 0.2) is 0 Å². The minimum Gasteiger partial charge on any atom is -0.465 e. The SMILES string of the molecule is COC(=O)c1c(NC(=O)C23CC4CC(CC(C4)C2)C3)sc(C(=O)Nc2cccc([N+](=O)[O-])c2)c1C. The first kappa shape index (κ1) is 23.5. The van der Waals surface area contributed by atoms with Crippen molar-refractivity contribution in [3.63, 3.8) is 0 Å². The molecule has 0 radical (unpaired) electrons. The number of nitro groups is 1. The van der Waals surface area contributed by atoms with Gasteiger partial charge in [0, 0.05) is 17.8 Å². The summed E-state index contributed by atoms with van der Waals surface area (Å²) < 4.78 is 4.95. The third kappa shape index (κ3) is 4.20. The van der Waals surface area contributed by atoms with Crippen molar-refractivity contribution in [2.75, 3.05) is 17.7 Å². The van der Waals surface area contributed by atoms with Crippen LogP contribution in [0.2, 0.25) is 0 Å². The number of ether oxygens (including phenoxy) is 1. The van der Waals surface area contributed by atoms with E-state index in [0.717, 1.165) is 30.6 Å². The highest BCUT2D eigenvalue weighted by Crippen LogP contribution is 2.60. The zero-order valence-electron chi connectivity index (χ0n) is 19.6. The number of nitro benzene ring substituents is 1. The Morgan fingerprint density at radius 1 is 1.09 bits per heavy atom. The average molecular weight is 498 g/mol. The third-order valence-electron chi connectivity index (χ3n) is 7.80. The highest BCUT2D eigenvalue weighted by Gasteiger charge is 2.54. The minimum atomic E-state index is -0.631. The monoisotopic (exact) mass is 497 g/mol. The van der Waals surface area contributed by atoms with Crippen LogP contribution in [-0.2, 0) is 9.53 Å². The van der Waals surface area contributed by atoms with Crippen molar-refractivity contribution in [1.82, 2.24) is 0 Å². The summed E-state index contributed by atoms with van der Waals surface area (Å²) in [5.74, 6) is 0.548. The summed E-state index contributed by atoms with van der Waals surface area (Å²) >= 11 is 1.02. The molecule has 10 heteroatoms. The number of esters is 1. The van der Waals surface area contributed by atoms with Gasteiger partial charge >= 0.3 is 5.97 Å². The molecule has 35 heavy (non-hydrogen) atoms. The second-order valence-electron chi connectivity index (χ2n) is 10.2. The van der Waals surface area contributed by atoms with Crippen LogP contribution >= 0.6 is 11.3 Å². The van der Waals surface area contributed by atoms with Gasteiger partial charge in [0.2, 0.25) is 5.91 Å². The van der Waals surface area contributed by atoms with Crippen LogP contribution in [0, 0.1) is 40.2 Å². The van der Waals surface area contributed by atoms with E-state index in [2.05, 4.69) is 10.6 Å². The molecule has 4 fully saturated rings. The number of hydrogen-bond acceptors (Lipinski definition) is 7. The molecule has 1 aromatic heterocycles. The molecule has 1 aromatic carbocycles. The van der Waals surface area contributed by atoms with Crippen LogP contribution in [0.4, 0.5) is 16.4 Å². The van der Waals surface area contributed by atoms with Gasteiger partial charge in [-0.1, -0.05) is 6.07 Å². The fourth-order valence-corrected chi connectivity index (χ4v) is 7.76. The average Bonchev–Trinajstić information content (AvgIpc) is 3.13. The number of anilines is 2. The van der Waals surface area contributed by atoms with Gasteiger partial charge in [0.1, 0.15) is 5.00 Å². The first-order chi connectivity index (χ1) is 16.7. The number of methoxy groups -OCH3 is 1. The molecule has 4 aliphatic carbocycles. The van der Waals surface area contributed by atoms with Gasteiger partial charge in [-0.15, -0.1) is 11.3 Å². The standard InChI is InChI=1S/C25H27N3O6S/c1-13-19(23(30)34-2)22(27-24(31)25-10-14-6-15(11-25)8-16(7-14)12-25)35-20(13)21(29)26-17-4-3-5-18(9-17)28(32)33/h3-5,9,14-16H,6-8,10-12H2,1-2H3,(H,26,29)(H,27,31). The van der Waals surface area contributed by atoms with Crippen molar-refractivity contribution in [3.8, 4) is 0 Å². The maximum atomic E-state index is 13.6. The second kappa shape index (κ2) is 8.75. The predicted octanol–water partition coefficient (Wildman–Crippen LogP) is 5.16. The number of nitrogens with zero attached hydrogens (tertiary/aromatic N) is 1. The van der Waals surface area contributed by atoms with Crippen LogP contribution in [0.3, 0.4) is 0 Å². The van der Waals surface area contributed by atoms with Crippen LogP contribution in [-0.4, -0.2) is 29.8 Å². The molecule has 0 saturated heterocycles. The molecule has 4 bridgehead atoms. The smallest absolute Gasteiger partial charge is 0.341 e. The number of thiophene rings is 1. The lowest BCUT2D eigenvalue weighted by Gasteiger charge is -2.55. The first-order valence-corrected chi connectivity index (χ1v) is 12.6. The van der Waals surface area contributed by atoms with E-state index in [-0.39, 0.29) is 27.7 Å². The highest BCUT2D eigenvalue weighted by atomic mass is 32.1. The van der Waals surface area contributed by atoms with Crippen molar-refractivity contribution in [2.24, 2.45) is 23.2 Å². The topological polar surface area (TPSA) is 128 Å². The molecule has 2 aromatic rings. The molecule has 0 atom stereocenters. The Morgan fingerprint density at radius 2 is 1.71 bits per heavy atom. The molecule has 9 nitrogen and oxygen atoms in total. The van der Waals surface area contributed by atoms with Gasteiger partial charge in [0.25, 0.3) is 11.6 Å². The van der Waals surface area contributed by atoms with Crippen LogP contribution in [0.25, 0.3) is 0 Å². The Hall–Kier alpha value is -3.27. The van der Waals surface area contributed by atoms with Gasteiger partial charge in [-0.2, -0.15) is 0 Å². The lowest BCUT2D eigenvalue weighted by molar-refractivity contribution is -0.384. The quantitative estimate of drug-likeness (QED) is 0.322. The van der Waals surface area contributed by atoms with E-state index < -0.39 is 22.2 Å². The van der Waals surface area contributed by atoms with E-state index in [0.29, 0.717) is 28.3 Å². The summed E-state index contributed by atoms with van der Waals surface area (Å²) in [4.78, 5) is 50.0. The number of benzene rings is 1. The van der Waals surface area contributed by atoms with Crippen LogP contribution < -0.4 is 10.6 Å². The number of non-ortho nitro benzene ring substituents is 1. The van der Waals surface area contributed by atoms with Gasteiger partial charge < -0.3 is 15.4 Å². The lowest BCUT2D eigenvalue weighted by atomic mass is 9.49. The number of carbonyl (C=O) groups is 3. The summed E-state index contributed by atoms with van der Waals surface area (Å²) in [6, 6.07) is 5.62. The highest BCUT2D eigenvalue weighted by molar-refractivity contribution is 7.19. The van der Waals surface area contributed by atoms with Crippen molar-refractivity contribution >= 4 is 45.5 Å². The van der Waals surface area contributed by atoms with Crippen molar-refractivity contribution in [1.29, 1.82) is 0 Å². The fraction of sp³-hybridized carbons (Fsp3) is 0.480. The van der Waals surface area contributed by atoms with Gasteiger partial charge in [-0.25, -0.2) is 4.79 Å². The number of rotatable bonds is 6. The molecule has 2 N–H and O–H groups in total. The van der Waals surface area contributed by atoms with Crippen molar-refractivity contribution in [3.05, 3.63) is 50.4 Å². The van der Waals surface area contributed by atoms with Gasteiger partial charge in [-0.3, -0.25) is 19.7 Å². The molecular formula is C25H27N3O6S.